The van der Waals surface area contributed by atoms with E-state index in [4.69, 9.17) is 5.73 Å². The first-order valence-corrected chi connectivity index (χ1v) is 8.78. The van der Waals surface area contributed by atoms with E-state index in [9.17, 15) is 4.39 Å². The number of rotatable bonds is 5. The fourth-order valence-corrected chi connectivity index (χ4v) is 3.29. The first kappa shape index (κ1) is 16.7. The summed E-state index contributed by atoms with van der Waals surface area (Å²) >= 11 is 5.04. The van der Waals surface area contributed by atoms with Crippen LogP contribution in [0.5, 0.6) is 0 Å². The van der Waals surface area contributed by atoms with Crippen molar-refractivity contribution in [2.45, 2.75) is 10.6 Å². The van der Waals surface area contributed by atoms with Crippen LogP contribution in [0, 0.1) is 5.82 Å². The highest BCUT2D eigenvalue weighted by atomic mass is 79.9. The van der Waals surface area contributed by atoms with Crippen LogP contribution in [0.2, 0.25) is 0 Å². The van der Waals surface area contributed by atoms with Crippen molar-refractivity contribution in [3.8, 4) is 0 Å². The zero-order valence-electron chi connectivity index (χ0n) is 12.4. The summed E-state index contributed by atoms with van der Waals surface area (Å²) in [4.78, 5) is 13.6. The van der Waals surface area contributed by atoms with Crippen LogP contribution in [0.4, 0.5) is 22.0 Å². The van der Waals surface area contributed by atoms with Crippen LogP contribution in [-0.4, -0.2) is 15.0 Å². The van der Waals surface area contributed by atoms with Crippen LogP contribution in [-0.2, 0) is 5.75 Å². The Labute approximate surface area is 151 Å². The number of anilines is 3. The molecule has 0 radical (unpaired) electrons. The first-order chi connectivity index (χ1) is 11.6. The van der Waals surface area contributed by atoms with Crippen molar-refractivity contribution in [1.29, 1.82) is 0 Å². The lowest BCUT2D eigenvalue weighted by atomic mass is 10.3. The highest BCUT2D eigenvalue weighted by molar-refractivity contribution is 9.10. The molecule has 0 aliphatic rings. The van der Waals surface area contributed by atoms with E-state index in [1.54, 1.807) is 23.9 Å². The van der Waals surface area contributed by atoms with Gasteiger partial charge >= 0.3 is 0 Å². The van der Waals surface area contributed by atoms with Crippen LogP contribution >= 0.6 is 27.7 Å². The Morgan fingerprint density at radius 1 is 1.08 bits per heavy atom. The predicted octanol–water partition coefficient (Wildman–Crippen LogP) is 4.39. The number of halogens is 2. The molecule has 3 aromatic rings. The van der Waals surface area contributed by atoms with Crippen molar-refractivity contribution in [2.24, 2.45) is 0 Å². The van der Waals surface area contributed by atoms with Gasteiger partial charge in [-0.3, -0.25) is 0 Å². The van der Waals surface area contributed by atoms with Gasteiger partial charge in [-0.1, -0.05) is 22.0 Å². The van der Waals surface area contributed by atoms with Crippen molar-refractivity contribution in [3.05, 3.63) is 64.6 Å². The summed E-state index contributed by atoms with van der Waals surface area (Å²) in [6, 6.07) is 13.9. The molecular formula is C16H13BrFN5S. The molecule has 0 amide bonds. The summed E-state index contributed by atoms with van der Waals surface area (Å²) in [5.74, 6) is 1.29. The number of aromatic nitrogens is 3. The molecule has 0 fully saturated rings. The number of thioether (sulfide) groups is 1. The Morgan fingerprint density at radius 3 is 2.62 bits per heavy atom. The molecule has 0 bridgehead atoms. The summed E-state index contributed by atoms with van der Waals surface area (Å²) < 4.78 is 14.0. The molecule has 0 spiro atoms. The number of nitrogens with zero attached hydrogens (tertiary/aromatic N) is 3. The Balaban J connectivity index is 1.72. The average Bonchev–Trinajstić information content (AvgIpc) is 2.55. The van der Waals surface area contributed by atoms with Gasteiger partial charge in [-0.25, -0.2) is 4.39 Å². The molecule has 122 valence electrons. The lowest BCUT2D eigenvalue weighted by molar-refractivity contribution is 0.628. The van der Waals surface area contributed by atoms with Crippen LogP contribution in [0.3, 0.4) is 0 Å². The maximum absolute atomic E-state index is 12.9. The SMILES string of the molecule is Nc1nc(CSc2cccc(Br)c2)nc(Nc2ccc(F)cc2)n1. The predicted molar refractivity (Wildman–Crippen MR) is 97.6 cm³/mol. The lowest BCUT2D eigenvalue weighted by Gasteiger charge is -2.07. The van der Waals surface area contributed by atoms with Gasteiger partial charge in [0.25, 0.3) is 0 Å². The highest BCUT2D eigenvalue weighted by Gasteiger charge is 2.06. The quantitative estimate of drug-likeness (QED) is 0.612. The molecule has 3 N–H and O–H groups in total. The van der Waals surface area contributed by atoms with Crippen molar-refractivity contribution < 1.29 is 4.39 Å². The van der Waals surface area contributed by atoms with Gasteiger partial charge < -0.3 is 11.1 Å². The third-order valence-electron chi connectivity index (χ3n) is 2.96. The van der Waals surface area contributed by atoms with E-state index in [1.165, 1.54) is 12.1 Å². The fourth-order valence-electron chi connectivity index (χ4n) is 1.93. The van der Waals surface area contributed by atoms with E-state index in [-0.39, 0.29) is 11.8 Å². The van der Waals surface area contributed by atoms with E-state index in [0.717, 1.165) is 9.37 Å². The van der Waals surface area contributed by atoms with Gasteiger partial charge in [-0.05, 0) is 42.5 Å². The van der Waals surface area contributed by atoms with Gasteiger partial charge in [0.05, 0.1) is 5.75 Å². The summed E-state index contributed by atoms with van der Waals surface area (Å²) in [7, 11) is 0. The minimum absolute atomic E-state index is 0.138. The number of nitrogen functional groups attached to an aromatic ring is 1. The Kier molecular flexibility index (Phi) is 5.27. The summed E-state index contributed by atoms with van der Waals surface area (Å²) in [6.07, 6.45) is 0. The Bertz CT molecular complexity index is 844. The van der Waals surface area contributed by atoms with E-state index in [1.807, 2.05) is 24.3 Å². The van der Waals surface area contributed by atoms with Gasteiger partial charge in [0.15, 0.2) is 0 Å². The summed E-state index contributed by atoms with van der Waals surface area (Å²) in [5.41, 5.74) is 6.42. The standard InChI is InChI=1S/C16H13BrFN5S/c17-10-2-1-3-13(8-10)24-9-14-21-15(19)23-16(22-14)20-12-6-4-11(18)5-7-12/h1-8H,9H2,(H3,19,20,21,22,23). The largest absolute Gasteiger partial charge is 0.368 e. The molecule has 24 heavy (non-hydrogen) atoms. The average molecular weight is 406 g/mol. The van der Waals surface area contributed by atoms with E-state index >= 15 is 0 Å². The molecule has 3 rings (SSSR count). The highest BCUT2D eigenvalue weighted by Crippen LogP contribution is 2.25. The maximum Gasteiger partial charge on any atom is 0.232 e. The minimum atomic E-state index is -0.304. The monoisotopic (exact) mass is 405 g/mol. The van der Waals surface area contributed by atoms with Gasteiger partial charge in [-0.15, -0.1) is 11.8 Å². The van der Waals surface area contributed by atoms with Crippen LogP contribution < -0.4 is 11.1 Å². The normalized spacial score (nSPS) is 10.6. The molecule has 5 nitrogen and oxygen atoms in total. The molecule has 0 aliphatic heterocycles. The number of nitrogens with two attached hydrogens (primary N) is 1. The van der Waals surface area contributed by atoms with E-state index < -0.39 is 0 Å². The van der Waals surface area contributed by atoms with Crippen molar-refractivity contribution in [2.75, 3.05) is 11.1 Å². The van der Waals surface area contributed by atoms with E-state index in [2.05, 4.69) is 36.2 Å². The number of hydrogen-bond acceptors (Lipinski definition) is 6. The van der Waals surface area contributed by atoms with Gasteiger partial charge in [-0.2, -0.15) is 15.0 Å². The summed E-state index contributed by atoms with van der Waals surface area (Å²) in [6.45, 7) is 0. The molecule has 8 heteroatoms. The molecule has 0 saturated heterocycles. The molecule has 2 aromatic carbocycles. The molecular weight excluding hydrogens is 393 g/mol. The van der Waals surface area contributed by atoms with Gasteiger partial charge in [0, 0.05) is 15.1 Å². The molecule has 0 atom stereocenters. The molecule has 0 aliphatic carbocycles. The summed E-state index contributed by atoms with van der Waals surface area (Å²) in [5, 5.41) is 2.99. The second-order valence-electron chi connectivity index (χ2n) is 4.81. The zero-order valence-corrected chi connectivity index (χ0v) is 14.8. The fraction of sp³-hybridized carbons (Fsp3) is 0.0625. The zero-order chi connectivity index (χ0) is 16.9. The molecule has 0 saturated carbocycles. The van der Waals surface area contributed by atoms with Crippen LogP contribution in [0.25, 0.3) is 0 Å². The second kappa shape index (κ2) is 7.59. The first-order valence-electron chi connectivity index (χ1n) is 7.00. The van der Waals surface area contributed by atoms with Crippen molar-refractivity contribution in [1.82, 2.24) is 15.0 Å². The van der Waals surface area contributed by atoms with Gasteiger partial charge in [0.1, 0.15) is 11.6 Å². The topological polar surface area (TPSA) is 76.7 Å². The third kappa shape index (κ3) is 4.65. The third-order valence-corrected chi connectivity index (χ3v) is 4.45. The smallest absolute Gasteiger partial charge is 0.232 e. The molecule has 1 heterocycles. The maximum atomic E-state index is 12.9. The molecule has 0 unspecified atom stereocenters. The van der Waals surface area contributed by atoms with Crippen molar-refractivity contribution >= 4 is 45.3 Å². The van der Waals surface area contributed by atoms with Crippen LogP contribution in [0.1, 0.15) is 5.82 Å². The van der Waals surface area contributed by atoms with Crippen LogP contribution in [0.15, 0.2) is 57.9 Å². The van der Waals surface area contributed by atoms with E-state index in [0.29, 0.717) is 23.2 Å². The number of benzene rings is 2. The Morgan fingerprint density at radius 2 is 1.88 bits per heavy atom. The minimum Gasteiger partial charge on any atom is -0.368 e. The van der Waals surface area contributed by atoms with Gasteiger partial charge in [0.2, 0.25) is 11.9 Å². The Hall–Kier alpha value is -2.19. The van der Waals surface area contributed by atoms with Crippen molar-refractivity contribution in [3.63, 3.8) is 0 Å². The second-order valence-corrected chi connectivity index (χ2v) is 6.78. The lowest BCUT2D eigenvalue weighted by Crippen LogP contribution is -2.06. The number of hydrogen-bond donors (Lipinski definition) is 2. The molecule has 1 aromatic heterocycles. The number of nitrogens with one attached hydrogen (secondary N) is 1.